The molecule has 2 aliphatic heterocycles. The molecule has 0 radical (unpaired) electrons. The van der Waals surface area contributed by atoms with Gasteiger partial charge >= 0.3 is 0 Å². The van der Waals surface area contributed by atoms with Crippen LogP contribution in [0.1, 0.15) is 57.4 Å². The number of aromatic nitrogens is 2. The van der Waals surface area contributed by atoms with Gasteiger partial charge < -0.3 is 19.2 Å². The molecular formula is C23H37IN6O. The normalized spacial score (nSPS) is 23.9. The molecule has 172 valence electrons. The molecule has 31 heavy (non-hydrogen) atoms. The van der Waals surface area contributed by atoms with Crippen molar-refractivity contribution in [2.75, 3.05) is 39.3 Å². The number of nitrogens with one attached hydrogen (secondary N) is 1. The summed E-state index contributed by atoms with van der Waals surface area (Å²) < 4.78 is 8.06. The van der Waals surface area contributed by atoms with Crippen molar-refractivity contribution in [2.45, 2.75) is 51.6 Å². The number of hydrogen-bond acceptors (Lipinski definition) is 4. The smallest absolute Gasteiger partial charge is 0.194 e. The van der Waals surface area contributed by atoms with Gasteiger partial charge in [-0.1, -0.05) is 13.3 Å². The fraction of sp³-hybridized carbons (Fsp3) is 0.652. The van der Waals surface area contributed by atoms with Gasteiger partial charge in [-0.05, 0) is 57.3 Å². The van der Waals surface area contributed by atoms with Crippen molar-refractivity contribution in [3.8, 4) is 0 Å². The van der Waals surface area contributed by atoms with Crippen LogP contribution in [0.15, 0.2) is 46.5 Å². The largest absolute Gasteiger partial charge is 0.468 e. The molecule has 3 atom stereocenters. The molecule has 7 nitrogen and oxygen atoms in total. The Labute approximate surface area is 203 Å². The first-order chi connectivity index (χ1) is 14.8. The Morgan fingerprint density at radius 2 is 2.13 bits per heavy atom. The van der Waals surface area contributed by atoms with E-state index in [1.165, 1.54) is 19.3 Å². The zero-order valence-corrected chi connectivity index (χ0v) is 21.2. The van der Waals surface area contributed by atoms with E-state index in [1.807, 2.05) is 18.6 Å². The molecule has 1 N–H and O–H groups in total. The molecule has 3 unspecified atom stereocenters. The molecule has 0 spiro atoms. The Morgan fingerprint density at radius 3 is 2.81 bits per heavy atom. The van der Waals surface area contributed by atoms with Gasteiger partial charge in [0.15, 0.2) is 5.96 Å². The van der Waals surface area contributed by atoms with Gasteiger partial charge in [0.05, 0.1) is 31.2 Å². The Morgan fingerprint density at radius 1 is 1.29 bits per heavy atom. The molecule has 2 aliphatic rings. The third kappa shape index (κ3) is 6.03. The fourth-order valence-corrected chi connectivity index (χ4v) is 4.79. The van der Waals surface area contributed by atoms with Crippen LogP contribution in [0.25, 0.3) is 0 Å². The SMILES string of the molecule is CCNC(=NCC(c1ccco1)N1CCCCC1)N1CCC(C)C(n2ccnc2)C1.I. The van der Waals surface area contributed by atoms with Crippen LogP contribution in [0.3, 0.4) is 0 Å². The summed E-state index contributed by atoms with van der Waals surface area (Å²) >= 11 is 0. The van der Waals surface area contributed by atoms with Gasteiger partial charge in [-0.25, -0.2) is 4.98 Å². The highest BCUT2D eigenvalue weighted by molar-refractivity contribution is 14.0. The minimum absolute atomic E-state index is 0. The van der Waals surface area contributed by atoms with Gasteiger partial charge in [0.1, 0.15) is 5.76 Å². The van der Waals surface area contributed by atoms with Crippen molar-refractivity contribution < 1.29 is 4.42 Å². The first-order valence-corrected chi connectivity index (χ1v) is 11.5. The summed E-state index contributed by atoms with van der Waals surface area (Å²) in [5.41, 5.74) is 0. The van der Waals surface area contributed by atoms with E-state index >= 15 is 0 Å². The fourth-order valence-electron chi connectivity index (χ4n) is 4.79. The maximum Gasteiger partial charge on any atom is 0.194 e. The van der Waals surface area contributed by atoms with Gasteiger partial charge in [-0.3, -0.25) is 9.89 Å². The van der Waals surface area contributed by atoms with E-state index in [9.17, 15) is 0 Å². The highest BCUT2D eigenvalue weighted by atomic mass is 127. The van der Waals surface area contributed by atoms with Crippen LogP contribution in [0.2, 0.25) is 0 Å². The van der Waals surface area contributed by atoms with Crippen LogP contribution in [0.5, 0.6) is 0 Å². The van der Waals surface area contributed by atoms with E-state index in [1.54, 1.807) is 6.26 Å². The van der Waals surface area contributed by atoms with Gasteiger partial charge in [0, 0.05) is 32.0 Å². The third-order valence-electron chi connectivity index (χ3n) is 6.58. The standard InChI is InChI=1S/C23H36N6O.HI/c1-3-25-23(28-13-9-19(2)21(17-28)29-14-10-24-18-29)26-16-20(22-8-7-15-30-22)27-11-5-4-6-12-27;/h7-8,10,14-15,18-21H,3-6,9,11-13,16-17H2,1-2H3,(H,25,26);1H. The second-order valence-electron chi connectivity index (χ2n) is 8.61. The number of rotatable bonds is 6. The van der Waals surface area contributed by atoms with Crippen LogP contribution < -0.4 is 5.32 Å². The van der Waals surface area contributed by atoms with Crippen LogP contribution in [0.4, 0.5) is 0 Å². The summed E-state index contributed by atoms with van der Waals surface area (Å²) in [5, 5.41) is 3.54. The first kappa shape index (κ1) is 24.1. The number of guanidine groups is 1. The minimum atomic E-state index is 0. The van der Waals surface area contributed by atoms with E-state index in [0.717, 1.165) is 57.4 Å². The Kier molecular flexibility index (Phi) is 9.25. The highest BCUT2D eigenvalue weighted by Crippen LogP contribution is 2.28. The molecule has 4 heterocycles. The summed E-state index contributed by atoms with van der Waals surface area (Å²) in [6, 6.07) is 4.72. The Bertz CT molecular complexity index is 772. The predicted molar refractivity (Wildman–Crippen MR) is 135 cm³/mol. The van der Waals surface area contributed by atoms with Crippen LogP contribution in [-0.4, -0.2) is 64.6 Å². The van der Waals surface area contributed by atoms with Crippen molar-refractivity contribution in [3.63, 3.8) is 0 Å². The second-order valence-corrected chi connectivity index (χ2v) is 8.61. The molecule has 0 amide bonds. The summed E-state index contributed by atoms with van der Waals surface area (Å²) in [6.45, 7) is 10.3. The van der Waals surface area contributed by atoms with Crippen LogP contribution in [0, 0.1) is 5.92 Å². The molecule has 0 aliphatic carbocycles. The van der Waals surface area contributed by atoms with Crippen molar-refractivity contribution in [2.24, 2.45) is 10.9 Å². The molecule has 4 rings (SSSR count). The van der Waals surface area contributed by atoms with E-state index in [0.29, 0.717) is 12.0 Å². The monoisotopic (exact) mass is 540 g/mol. The molecule has 0 bridgehead atoms. The van der Waals surface area contributed by atoms with Gasteiger partial charge in [0.2, 0.25) is 0 Å². The zero-order chi connectivity index (χ0) is 20.8. The molecule has 0 aromatic carbocycles. The Balaban J connectivity index is 0.00000272. The van der Waals surface area contributed by atoms with E-state index < -0.39 is 0 Å². The van der Waals surface area contributed by atoms with Gasteiger partial charge in [-0.2, -0.15) is 0 Å². The lowest BCUT2D eigenvalue weighted by atomic mass is 9.93. The molecule has 2 aromatic heterocycles. The highest BCUT2D eigenvalue weighted by Gasteiger charge is 2.30. The van der Waals surface area contributed by atoms with Crippen molar-refractivity contribution >= 4 is 29.9 Å². The summed E-state index contributed by atoms with van der Waals surface area (Å²) in [5.74, 6) is 2.67. The average molecular weight is 540 g/mol. The maximum atomic E-state index is 5.81. The third-order valence-corrected chi connectivity index (χ3v) is 6.58. The topological polar surface area (TPSA) is 61.8 Å². The molecule has 2 fully saturated rings. The number of likely N-dealkylation sites (tertiary alicyclic amines) is 2. The number of piperidine rings is 2. The molecule has 2 saturated heterocycles. The van der Waals surface area contributed by atoms with Gasteiger partial charge in [-0.15, -0.1) is 24.0 Å². The van der Waals surface area contributed by atoms with Crippen LogP contribution >= 0.6 is 24.0 Å². The quantitative estimate of drug-likeness (QED) is 0.339. The minimum Gasteiger partial charge on any atom is -0.468 e. The van der Waals surface area contributed by atoms with Crippen LogP contribution in [-0.2, 0) is 0 Å². The number of imidazole rings is 1. The van der Waals surface area contributed by atoms with Crippen molar-refractivity contribution in [1.29, 1.82) is 0 Å². The number of hydrogen-bond donors (Lipinski definition) is 1. The molecule has 0 saturated carbocycles. The maximum absolute atomic E-state index is 5.81. The number of aliphatic imine (C=N–C) groups is 1. The summed E-state index contributed by atoms with van der Waals surface area (Å²) in [7, 11) is 0. The summed E-state index contributed by atoms with van der Waals surface area (Å²) in [6.07, 6.45) is 12.7. The van der Waals surface area contributed by atoms with E-state index in [2.05, 4.69) is 50.8 Å². The summed E-state index contributed by atoms with van der Waals surface area (Å²) in [4.78, 5) is 14.3. The number of furan rings is 1. The van der Waals surface area contributed by atoms with Crippen molar-refractivity contribution in [1.82, 2.24) is 24.7 Å². The van der Waals surface area contributed by atoms with E-state index in [-0.39, 0.29) is 30.0 Å². The lowest BCUT2D eigenvalue weighted by Crippen LogP contribution is -2.49. The predicted octanol–water partition coefficient (Wildman–Crippen LogP) is 4.17. The second kappa shape index (κ2) is 11.9. The van der Waals surface area contributed by atoms with Gasteiger partial charge in [0.25, 0.3) is 0 Å². The number of halogens is 1. The average Bonchev–Trinajstić information content (AvgIpc) is 3.49. The molecule has 8 heteroatoms. The van der Waals surface area contributed by atoms with E-state index in [4.69, 9.17) is 9.41 Å². The lowest BCUT2D eigenvalue weighted by molar-refractivity contribution is 0.149. The first-order valence-electron chi connectivity index (χ1n) is 11.5. The zero-order valence-electron chi connectivity index (χ0n) is 18.8. The van der Waals surface area contributed by atoms with Crippen molar-refractivity contribution in [3.05, 3.63) is 42.9 Å². The Hall–Kier alpha value is -1.55. The number of nitrogens with zero attached hydrogens (tertiary/aromatic N) is 5. The molecule has 2 aromatic rings. The molecular weight excluding hydrogens is 503 g/mol. The lowest BCUT2D eigenvalue weighted by Gasteiger charge is -2.39.